The van der Waals surface area contributed by atoms with Gasteiger partial charge in [-0.05, 0) is 56.7 Å². The van der Waals surface area contributed by atoms with Crippen molar-refractivity contribution in [3.05, 3.63) is 23.8 Å². The highest BCUT2D eigenvalue weighted by molar-refractivity contribution is 5.98. The highest BCUT2D eigenvalue weighted by Gasteiger charge is 2.58. The van der Waals surface area contributed by atoms with Crippen molar-refractivity contribution in [2.75, 3.05) is 5.32 Å². The molecule has 1 aromatic carbocycles. The van der Waals surface area contributed by atoms with Gasteiger partial charge in [0.2, 0.25) is 5.91 Å². The number of aromatic carboxylic acids is 1. The second kappa shape index (κ2) is 5.87. The third-order valence-corrected chi connectivity index (χ3v) is 4.95. The monoisotopic (exact) mass is 317 g/mol. The molecule has 23 heavy (non-hydrogen) atoms. The van der Waals surface area contributed by atoms with E-state index >= 15 is 0 Å². The van der Waals surface area contributed by atoms with E-state index < -0.39 is 5.97 Å². The van der Waals surface area contributed by atoms with Crippen LogP contribution in [0.2, 0.25) is 0 Å². The number of ether oxygens (including phenoxy) is 1. The SMILES string of the molecule is CC(C)Oc1ccc(C(=O)O)cc1NC(=O)C1CC12CCCC2. The summed E-state index contributed by atoms with van der Waals surface area (Å²) in [5.41, 5.74) is 0.805. The van der Waals surface area contributed by atoms with Gasteiger partial charge in [0, 0.05) is 5.92 Å². The summed E-state index contributed by atoms with van der Waals surface area (Å²) >= 11 is 0. The summed E-state index contributed by atoms with van der Waals surface area (Å²) in [5.74, 6) is -0.455. The maximum atomic E-state index is 12.5. The van der Waals surface area contributed by atoms with E-state index in [0.717, 1.165) is 19.3 Å². The second-order valence-corrected chi connectivity index (χ2v) is 7.00. The van der Waals surface area contributed by atoms with Crippen LogP contribution in [0.1, 0.15) is 56.3 Å². The zero-order valence-corrected chi connectivity index (χ0v) is 13.6. The average Bonchev–Trinajstić information content (AvgIpc) is 2.98. The minimum Gasteiger partial charge on any atom is -0.489 e. The first kappa shape index (κ1) is 15.8. The van der Waals surface area contributed by atoms with Gasteiger partial charge in [-0.15, -0.1) is 0 Å². The maximum Gasteiger partial charge on any atom is 0.335 e. The minimum absolute atomic E-state index is 0.0111. The molecule has 0 bridgehead atoms. The third-order valence-electron chi connectivity index (χ3n) is 4.95. The van der Waals surface area contributed by atoms with Gasteiger partial charge in [0.25, 0.3) is 0 Å². The lowest BCUT2D eigenvalue weighted by atomic mass is 10.0. The van der Waals surface area contributed by atoms with E-state index in [1.807, 2.05) is 13.8 Å². The summed E-state index contributed by atoms with van der Waals surface area (Å²) < 4.78 is 5.69. The van der Waals surface area contributed by atoms with Crippen molar-refractivity contribution in [3.63, 3.8) is 0 Å². The largest absolute Gasteiger partial charge is 0.489 e. The molecule has 1 spiro atoms. The standard InChI is InChI=1S/C18H23NO4/c1-11(2)23-15-6-5-12(17(21)22)9-14(15)19-16(20)13-10-18(13)7-3-4-8-18/h5-6,9,11,13H,3-4,7-8,10H2,1-2H3,(H,19,20)(H,21,22). The molecule has 1 unspecified atom stereocenters. The van der Waals surface area contributed by atoms with Crippen LogP contribution in [-0.4, -0.2) is 23.1 Å². The molecule has 2 N–H and O–H groups in total. The van der Waals surface area contributed by atoms with Crippen LogP contribution in [0.4, 0.5) is 5.69 Å². The van der Waals surface area contributed by atoms with Crippen LogP contribution in [0, 0.1) is 11.3 Å². The van der Waals surface area contributed by atoms with Gasteiger partial charge < -0.3 is 15.2 Å². The Balaban J connectivity index is 1.78. The molecule has 0 aliphatic heterocycles. The van der Waals surface area contributed by atoms with Crippen LogP contribution in [0.15, 0.2) is 18.2 Å². The molecular weight excluding hydrogens is 294 g/mol. The summed E-state index contributed by atoms with van der Waals surface area (Å²) in [4.78, 5) is 23.7. The fourth-order valence-corrected chi connectivity index (χ4v) is 3.69. The summed E-state index contributed by atoms with van der Waals surface area (Å²) in [6, 6.07) is 4.57. The van der Waals surface area contributed by atoms with E-state index in [9.17, 15) is 9.59 Å². The molecule has 1 atom stereocenters. The number of nitrogens with one attached hydrogen (secondary N) is 1. The Kier molecular flexibility index (Phi) is 4.04. The zero-order chi connectivity index (χ0) is 16.6. The van der Waals surface area contributed by atoms with E-state index in [1.54, 1.807) is 6.07 Å². The van der Waals surface area contributed by atoms with Crippen LogP contribution in [0.3, 0.4) is 0 Å². The first-order chi connectivity index (χ1) is 10.9. The quantitative estimate of drug-likeness (QED) is 0.868. The van der Waals surface area contributed by atoms with Gasteiger partial charge in [-0.1, -0.05) is 12.8 Å². The van der Waals surface area contributed by atoms with Crippen molar-refractivity contribution in [2.24, 2.45) is 11.3 Å². The highest BCUT2D eigenvalue weighted by atomic mass is 16.5. The van der Waals surface area contributed by atoms with Crippen molar-refractivity contribution in [1.29, 1.82) is 0 Å². The molecule has 1 amide bonds. The first-order valence-corrected chi connectivity index (χ1v) is 8.26. The van der Waals surface area contributed by atoms with Crippen molar-refractivity contribution < 1.29 is 19.4 Å². The predicted octanol–water partition coefficient (Wildman–Crippen LogP) is 3.69. The number of rotatable bonds is 5. The van der Waals surface area contributed by atoms with E-state index in [4.69, 9.17) is 9.84 Å². The third kappa shape index (κ3) is 3.19. The molecule has 0 aromatic heterocycles. The first-order valence-electron chi connectivity index (χ1n) is 8.26. The molecule has 5 heteroatoms. The number of carbonyl (C=O) groups is 2. The molecule has 0 saturated heterocycles. The van der Waals surface area contributed by atoms with E-state index in [1.165, 1.54) is 25.0 Å². The maximum absolute atomic E-state index is 12.5. The van der Waals surface area contributed by atoms with Gasteiger partial charge in [0.15, 0.2) is 0 Å². The molecule has 5 nitrogen and oxygen atoms in total. The van der Waals surface area contributed by atoms with Gasteiger partial charge in [0.05, 0.1) is 17.4 Å². The number of benzene rings is 1. The molecule has 124 valence electrons. The number of hydrogen-bond acceptors (Lipinski definition) is 3. The lowest BCUT2D eigenvalue weighted by molar-refractivity contribution is -0.118. The summed E-state index contributed by atoms with van der Waals surface area (Å²) in [7, 11) is 0. The van der Waals surface area contributed by atoms with E-state index in [-0.39, 0.29) is 28.9 Å². The number of carboxylic acid groups (broad SMARTS) is 1. The zero-order valence-electron chi connectivity index (χ0n) is 13.6. The number of amides is 1. The fraction of sp³-hybridized carbons (Fsp3) is 0.556. The molecule has 1 aromatic rings. The number of carbonyl (C=O) groups excluding carboxylic acids is 1. The number of hydrogen-bond donors (Lipinski definition) is 2. The minimum atomic E-state index is -1.02. The molecule has 0 heterocycles. The molecule has 2 fully saturated rings. The number of anilines is 1. The van der Waals surface area contributed by atoms with Crippen LogP contribution in [-0.2, 0) is 4.79 Å². The predicted molar refractivity (Wildman–Crippen MR) is 86.8 cm³/mol. The average molecular weight is 317 g/mol. The molecule has 2 aliphatic carbocycles. The summed E-state index contributed by atoms with van der Waals surface area (Å²) in [5, 5.41) is 12.0. The lowest BCUT2D eigenvalue weighted by Gasteiger charge is -2.16. The molecule has 2 saturated carbocycles. The Hall–Kier alpha value is -2.04. The molecule has 3 rings (SSSR count). The summed E-state index contributed by atoms with van der Waals surface area (Å²) in [6.45, 7) is 3.79. The van der Waals surface area contributed by atoms with Crippen LogP contribution >= 0.6 is 0 Å². The Morgan fingerprint density at radius 2 is 2.00 bits per heavy atom. The molecule has 2 aliphatic rings. The molecular formula is C18H23NO4. The molecule has 0 radical (unpaired) electrons. The van der Waals surface area contributed by atoms with Crippen molar-refractivity contribution in [1.82, 2.24) is 0 Å². The Bertz CT molecular complexity index is 632. The van der Waals surface area contributed by atoms with Gasteiger partial charge in [-0.2, -0.15) is 0 Å². The van der Waals surface area contributed by atoms with Crippen molar-refractivity contribution in [3.8, 4) is 5.75 Å². The van der Waals surface area contributed by atoms with Gasteiger partial charge in [-0.3, -0.25) is 4.79 Å². The Morgan fingerprint density at radius 1 is 1.30 bits per heavy atom. The topological polar surface area (TPSA) is 75.6 Å². The Labute approximate surface area is 136 Å². The van der Waals surface area contributed by atoms with Crippen molar-refractivity contribution >= 4 is 17.6 Å². The normalized spacial score (nSPS) is 21.4. The van der Waals surface area contributed by atoms with Crippen LogP contribution in [0.5, 0.6) is 5.75 Å². The number of carboxylic acids is 1. The van der Waals surface area contributed by atoms with Crippen LogP contribution in [0.25, 0.3) is 0 Å². The van der Waals surface area contributed by atoms with Gasteiger partial charge in [-0.25, -0.2) is 4.79 Å². The van der Waals surface area contributed by atoms with Gasteiger partial charge in [0.1, 0.15) is 5.75 Å². The van der Waals surface area contributed by atoms with Gasteiger partial charge >= 0.3 is 5.97 Å². The summed E-state index contributed by atoms with van der Waals surface area (Å²) in [6.07, 6.45) is 5.59. The van der Waals surface area contributed by atoms with E-state index in [2.05, 4.69) is 5.32 Å². The Morgan fingerprint density at radius 3 is 2.61 bits per heavy atom. The lowest BCUT2D eigenvalue weighted by Crippen LogP contribution is -2.19. The van der Waals surface area contributed by atoms with Crippen LogP contribution < -0.4 is 10.1 Å². The van der Waals surface area contributed by atoms with Crippen molar-refractivity contribution in [2.45, 2.75) is 52.1 Å². The fourth-order valence-electron chi connectivity index (χ4n) is 3.69. The van der Waals surface area contributed by atoms with E-state index in [0.29, 0.717) is 11.4 Å². The second-order valence-electron chi connectivity index (χ2n) is 7.00. The highest BCUT2D eigenvalue weighted by Crippen LogP contribution is 2.63. The smallest absolute Gasteiger partial charge is 0.335 e.